The van der Waals surface area contributed by atoms with E-state index in [-0.39, 0.29) is 5.91 Å². The summed E-state index contributed by atoms with van der Waals surface area (Å²) in [5, 5.41) is 9.71. The average Bonchev–Trinajstić information content (AvgIpc) is 3.12. The van der Waals surface area contributed by atoms with Gasteiger partial charge in [-0.1, -0.05) is 24.3 Å². The van der Waals surface area contributed by atoms with E-state index in [1.54, 1.807) is 24.3 Å². The third kappa shape index (κ3) is 3.14. The molecule has 0 radical (unpaired) electrons. The molecule has 138 valence electrons. The summed E-state index contributed by atoms with van der Waals surface area (Å²) >= 11 is 0. The molecular formula is C19H15F3N4O. The van der Waals surface area contributed by atoms with Crippen molar-refractivity contribution in [2.45, 2.75) is 19.3 Å². The highest BCUT2D eigenvalue weighted by Gasteiger charge is 2.33. The minimum atomic E-state index is -4.48. The second-order valence-electron chi connectivity index (χ2n) is 6.28. The van der Waals surface area contributed by atoms with Crippen molar-refractivity contribution in [2.24, 2.45) is 0 Å². The first kappa shape index (κ1) is 17.1. The van der Waals surface area contributed by atoms with Crippen LogP contribution in [-0.4, -0.2) is 15.7 Å². The van der Waals surface area contributed by atoms with Crippen LogP contribution in [0, 0.1) is 6.92 Å². The van der Waals surface area contributed by atoms with Crippen LogP contribution in [0.5, 0.6) is 0 Å². The maximum atomic E-state index is 12.7. The zero-order valence-corrected chi connectivity index (χ0v) is 14.2. The van der Waals surface area contributed by atoms with Crippen molar-refractivity contribution in [3.8, 4) is 5.69 Å². The molecule has 0 saturated heterocycles. The van der Waals surface area contributed by atoms with Crippen molar-refractivity contribution in [1.29, 1.82) is 0 Å². The number of hydrogen-bond acceptors (Lipinski definition) is 3. The van der Waals surface area contributed by atoms with Gasteiger partial charge in [-0.2, -0.15) is 18.3 Å². The molecule has 1 unspecified atom stereocenters. The van der Waals surface area contributed by atoms with Crippen molar-refractivity contribution in [3.63, 3.8) is 0 Å². The summed E-state index contributed by atoms with van der Waals surface area (Å²) in [5.41, 5.74) is 2.57. The molecule has 2 heterocycles. The van der Waals surface area contributed by atoms with Gasteiger partial charge in [0.25, 0.3) is 5.91 Å². The van der Waals surface area contributed by atoms with E-state index in [9.17, 15) is 18.0 Å². The van der Waals surface area contributed by atoms with Crippen LogP contribution < -0.4 is 10.6 Å². The van der Waals surface area contributed by atoms with Gasteiger partial charge in [-0.25, -0.2) is 4.68 Å². The number of hydrogen-bond donors (Lipinski definition) is 2. The zero-order chi connectivity index (χ0) is 19.2. The summed E-state index contributed by atoms with van der Waals surface area (Å²) in [4.78, 5) is 12.4. The lowest BCUT2D eigenvalue weighted by molar-refractivity contribution is -0.141. The predicted molar refractivity (Wildman–Crippen MR) is 93.6 cm³/mol. The Labute approximate surface area is 152 Å². The van der Waals surface area contributed by atoms with Crippen molar-refractivity contribution < 1.29 is 18.0 Å². The van der Waals surface area contributed by atoms with Gasteiger partial charge in [0.05, 0.1) is 11.3 Å². The van der Waals surface area contributed by atoms with Gasteiger partial charge in [-0.15, -0.1) is 0 Å². The predicted octanol–water partition coefficient (Wildman–Crippen LogP) is 4.05. The molecule has 27 heavy (non-hydrogen) atoms. The van der Waals surface area contributed by atoms with Gasteiger partial charge in [0.15, 0.2) is 5.69 Å². The highest BCUT2D eigenvalue weighted by atomic mass is 19.4. The van der Waals surface area contributed by atoms with Crippen molar-refractivity contribution in [3.05, 3.63) is 77.1 Å². The Hall–Kier alpha value is -3.29. The second-order valence-corrected chi connectivity index (χ2v) is 6.28. The average molecular weight is 372 g/mol. The number of nitrogens with one attached hydrogen (secondary N) is 2. The van der Waals surface area contributed by atoms with E-state index < -0.39 is 18.0 Å². The third-order valence-electron chi connectivity index (χ3n) is 4.45. The van der Waals surface area contributed by atoms with Crippen LogP contribution in [0.25, 0.3) is 5.69 Å². The standard InChI is InChI=1S/C19H15F3N4O/c1-11-3-2-4-14-16(11)18(27)24-17(23-14)12-5-7-13(8-6-12)26-10-9-15(25-26)19(20,21)22/h2-10,17,23H,1H3,(H,24,27). The lowest BCUT2D eigenvalue weighted by atomic mass is 10.0. The molecule has 5 nitrogen and oxygen atoms in total. The quantitative estimate of drug-likeness (QED) is 0.713. The van der Waals surface area contributed by atoms with E-state index >= 15 is 0 Å². The molecule has 0 bridgehead atoms. The largest absolute Gasteiger partial charge is 0.435 e. The molecule has 2 aromatic carbocycles. The molecule has 2 N–H and O–H groups in total. The van der Waals surface area contributed by atoms with E-state index in [4.69, 9.17) is 0 Å². The number of fused-ring (bicyclic) bond motifs is 1. The number of aromatic nitrogens is 2. The molecule has 8 heteroatoms. The Morgan fingerprint density at radius 2 is 1.78 bits per heavy atom. The molecule has 4 rings (SSSR count). The van der Waals surface area contributed by atoms with E-state index in [2.05, 4.69) is 15.7 Å². The van der Waals surface area contributed by atoms with Gasteiger partial charge in [-0.05, 0) is 42.3 Å². The summed E-state index contributed by atoms with van der Waals surface area (Å²) in [6, 6.07) is 13.3. The van der Waals surface area contributed by atoms with Crippen LogP contribution in [0.1, 0.15) is 33.3 Å². The lowest BCUT2D eigenvalue weighted by Gasteiger charge is -2.29. The molecule has 0 spiro atoms. The van der Waals surface area contributed by atoms with Gasteiger partial charge in [-0.3, -0.25) is 4.79 Å². The Bertz CT molecular complexity index is 1010. The smallest absolute Gasteiger partial charge is 0.361 e. The number of carbonyl (C=O) groups is 1. The van der Waals surface area contributed by atoms with Gasteiger partial charge in [0.2, 0.25) is 0 Å². The monoisotopic (exact) mass is 372 g/mol. The van der Waals surface area contributed by atoms with E-state index in [1.807, 2.05) is 25.1 Å². The third-order valence-corrected chi connectivity index (χ3v) is 4.45. The van der Waals surface area contributed by atoms with Crippen LogP contribution in [0.3, 0.4) is 0 Å². The zero-order valence-electron chi connectivity index (χ0n) is 14.2. The molecule has 0 saturated carbocycles. The fourth-order valence-corrected chi connectivity index (χ4v) is 3.09. The molecule has 1 aliphatic heterocycles. The van der Waals surface area contributed by atoms with Crippen LogP contribution in [-0.2, 0) is 6.18 Å². The summed E-state index contributed by atoms with van der Waals surface area (Å²) in [6.45, 7) is 1.87. The van der Waals surface area contributed by atoms with Crippen LogP contribution >= 0.6 is 0 Å². The fraction of sp³-hybridized carbons (Fsp3) is 0.158. The summed E-state index contributed by atoms with van der Waals surface area (Å²) in [7, 11) is 0. The first-order valence-corrected chi connectivity index (χ1v) is 8.23. The minimum Gasteiger partial charge on any atom is -0.361 e. The molecule has 3 aromatic rings. The molecule has 0 fully saturated rings. The lowest BCUT2D eigenvalue weighted by Crippen LogP contribution is -2.38. The van der Waals surface area contributed by atoms with Gasteiger partial charge < -0.3 is 10.6 Å². The molecule has 1 atom stereocenters. The van der Waals surface area contributed by atoms with E-state index in [0.717, 1.165) is 27.6 Å². The highest BCUT2D eigenvalue weighted by molar-refractivity contribution is 6.03. The number of carbonyl (C=O) groups excluding carboxylic acids is 1. The number of halogens is 3. The van der Waals surface area contributed by atoms with E-state index in [0.29, 0.717) is 11.3 Å². The second kappa shape index (κ2) is 6.15. The SMILES string of the molecule is Cc1cccc2c1C(=O)NC(c1ccc(-n3ccc(C(F)(F)F)n3)cc1)N2. The first-order valence-electron chi connectivity index (χ1n) is 8.23. The Kier molecular flexibility index (Phi) is 3.91. The molecular weight excluding hydrogens is 357 g/mol. The molecule has 0 aliphatic carbocycles. The maximum absolute atomic E-state index is 12.7. The molecule has 1 aliphatic rings. The number of benzene rings is 2. The number of alkyl halides is 3. The molecule has 1 aromatic heterocycles. The van der Waals surface area contributed by atoms with Gasteiger partial charge >= 0.3 is 6.18 Å². The van der Waals surface area contributed by atoms with E-state index in [1.165, 1.54) is 6.20 Å². The summed E-state index contributed by atoms with van der Waals surface area (Å²) in [5.74, 6) is -0.169. The minimum absolute atomic E-state index is 0.169. The number of aryl methyl sites for hydroxylation is 1. The van der Waals surface area contributed by atoms with Crippen molar-refractivity contribution in [1.82, 2.24) is 15.1 Å². The van der Waals surface area contributed by atoms with Gasteiger partial charge in [0.1, 0.15) is 6.17 Å². The first-order chi connectivity index (χ1) is 12.8. The Morgan fingerprint density at radius 3 is 2.44 bits per heavy atom. The summed E-state index contributed by atoms with van der Waals surface area (Å²) < 4.78 is 39.2. The maximum Gasteiger partial charge on any atom is 0.435 e. The Balaban J connectivity index is 1.58. The number of amides is 1. The van der Waals surface area contributed by atoms with Crippen LogP contribution in [0.4, 0.5) is 18.9 Å². The van der Waals surface area contributed by atoms with Crippen LogP contribution in [0.15, 0.2) is 54.7 Å². The normalized spacial score (nSPS) is 16.4. The summed E-state index contributed by atoms with van der Waals surface area (Å²) in [6.07, 6.45) is -3.64. The Morgan fingerprint density at radius 1 is 1.04 bits per heavy atom. The van der Waals surface area contributed by atoms with Crippen molar-refractivity contribution in [2.75, 3.05) is 5.32 Å². The van der Waals surface area contributed by atoms with Crippen molar-refractivity contribution >= 4 is 11.6 Å². The van der Waals surface area contributed by atoms with Gasteiger partial charge in [0, 0.05) is 11.9 Å². The molecule has 1 amide bonds. The number of nitrogens with zero attached hydrogens (tertiary/aromatic N) is 2. The fourth-order valence-electron chi connectivity index (χ4n) is 3.09. The number of rotatable bonds is 2. The number of anilines is 1. The topological polar surface area (TPSA) is 59.0 Å². The van der Waals surface area contributed by atoms with Crippen LogP contribution in [0.2, 0.25) is 0 Å². The highest BCUT2D eigenvalue weighted by Crippen LogP contribution is 2.30.